The van der Waals surface area contributed by atoms with Crippen molar-refractivity contribution >= 4 is 28.3 Å². The van der Waals surface area contributed by atoms with E-state index in [0.29, 0.717) is 12.3 Å². The predicted octanol–water partition coefficient (Wildman–Crippen LogP) is 3.96. The molecule has 4 rings (SSSR count). The molecular weight excluding hydrogens is 288 g/mol. The average molecular weight is 305 g/mol. The van der Waals surface area contributed by atoms with Gasteiger partial charge in [0.2, 0.25) is 11.5 Å². The minimum atomic E-state index is 0.612. The summed E-state index contributed by atoms with van der Waals surface area (Å²) in [7, 11) is 2.03. The summed E-state index contributed by atoms with van der Waals surface area (Å²) in [6.07, 6.45) is 4.58. The third-order valence-corrected chi connectivity index (χ3v) is 4.00. The second-order valence-electron chi connectivity index (χ2n) is 5.60. The lowest BCUT2D eigenvalue weighted by atomic mass is 10.2. The molecule has 0 aliphatic carbocycles. The molecule has 4 aromatic rings. The van der Waals surface area contributed by atoms with Crippen molar-refractivity contribution in [3.8, 4) is 0 Å². The molecule has 4 heteroatoms. The van der Waals surface area contributed by atoms with Crippen LogP contribution in [0.25, 0.3) is 28.3 Å². The molecule has 0 radical (unpaired) electrons. The van der Waals surface area contributed by atoms with Crippen LogP contribution in [-0.2, 0) is 13.5 Å². The van der Waals surface area contributed by atoms with E-state index in [1.165, 1.54) is 5.56 Å². The van der Waals surface area contributed by atoms with Crippen molar-refractivity contribution in [2.75, 3.05) is 0 Å². The topological polar surface area (TPSA) is 43.1 Å². The van der Waals surface area contributed by atoms with E-state index in [4.69, 9.17) is 8.83 Å². The van der Waals surface area contributed by atoms with Gasteiger partial charge in [-0.2, -0.15) is 4.57 Å². The van der Waals surface area contributed by atoms with Crippen LogP contribution in [0.1, 0.15) is 17.3 Å². The lowest BCUT2D eigenvalue weighted by Gasteiger charge is -1.89. The number of fused-ring (bicyclic) bond motifs is 2. The van der Waals surface area contributed by atoms with Gasteiger partial charge in [-0.25, -0.2) is 4.98 Å². The van der Waals surface area contributed by atoms with Crippen LogP contribution in [0.15, 0.2) is 57.4 Å². The maximum Gasteiger partial charge on any atom is 0.351 e. The minimum Gasteiger partial charge on any atom is -0.437 e. The van der Waals surface area contributed by atoms with Gasteiger partial charge < -0.3 is 8.83 Å². The highest BCUT2D eigenvalue weighted by molar-refractivity contribution is 5.74. The number of nitrogens with zero attached hydrogens (tertiary/aromatic N) is 2. The fourth-order valence-corrected chi connectivity index (χ4v) is 2.86. The van der Waals surface area contributed by atoms with Gasteiger partial charge in [-0.1, -0.05) is 30.3 Å². The summed E-state index contributed by atoms with van der Waals surface area (Å²) in [6.45, 7) is 2.09. The first-order chi connectivity index (χ1) is 11.2. The third-order valence-electron chi connectivity index (χ3n) is 4.00. The Labute approximate surface area is 133 Å². The molecule has 0 saturated carbocycles. The van der Waals surface area contributed by atoms with Gasteiger partial charge in [0, 0.05) is 5.56 Å². The molecule has 0 aliphatic heterocycles. The number of aryl methyl sites for hydroxylation is 2. The molecule has 114 valence electrons. The monoisotopic (exact) mass is 305 g/mol. The molecule has 0 N–H and O–H groups in total. The standard InChI is InChI=1S/C19H17N2O2/c1-13-7-5-10-16-19(13)21(2)18(23-16)12-6-11-17-20-14-8-3-4-9-15(14)22-17/h3-11H,12H2,1-2H3/q+1. The normalized spacial score (nSPS) is 11.9. The van der Waals surface area contributed by atoms with E-state index in [2.05, 4.69) is 22.5 Å². The second-order valence-corrected chi connectivity index (χ2v) is 5.60. The van der Waals surface area contributed by atoms with Crippen molar-refractivity contribution < 1.29 is 13.4 Å². The summed E-state index contributed by atoms with van der Waals surface area (Å²) in [5, 5.41) is 0. The van der Waals surface area contributed by atoms with Gasteiger partial charge in [0.05, 0.1) is 6.42 Å². The average Bonchev–Trinajstić information content (AvgIpc) is 3.09. The van der Waals surface area contributed by atoms with Crippen molar-refractivity contribution in [1.82, 2.24) is 4.98 Å². The molecule has 0 spiro atoms. The first-order valence-electron chi connectivity index (χ1n) is 7.61. The molecule has 0 atom stereocenters. The van der Waals surface area contributed by atoms with Crippen LogP contribution in [-0.4, -0.2) is 4.98 Å². The number of hydrogen-bond donors (Lipinski definition) is 0. The molecule has 0 aliphatic rings. The molecular formula is C19H17N2O2+. The maximum absolute atomic E-state index is 5.94. The number of benzene rings is 2. The summed E-state index contributed by atoms with van der Waals surface area (Å²) in [5.74, 6) is 1.52. The van der Waals surface area contributed by atoms with E-state index in [0.717, 1.165) is 28.1 Å². The summed E-state index contributed by atoms with van der Waals surface area (Å²) in [6, 6.07) is 13.9. The Kier molecular flexibility index (Phi) is 3.23. The van der Waals surface area contributed by atoms with Crippen LogP contribution in [0.4, 0.5) is 0 Å². The molecule has 0 unspecified atom stereocenters. The Morgan fingerprint density at radius 3 is 2.70 bits per heavy atom. The SMILES string of the molecule is Cc1cccc2oc(CC=Cc3nc4ccccc4o3)[n+](C)c12. The lowest BCUT2D eigenvalue weighted by Crippen LogP contribution is -2.31. The summed E-state index contributed by atoms with van der Waals surface area (Å²) >= 11 is 0. The summed E-state index contributed by atoms with van der Waals surface area (Å²) < 4.78 is 13.7. The number of para-hydroxylation sites is 3. The van der Waals surface area contributed by atoms with Gasteiger partial charge in [0.1, 0.15) is 12.6 Å². The molecule has 23 heavy (non-hydrogen) atoms. The number of allylic oxidation sites excluding steroid dienone is 1. The zero-order valence-electron chi connectivity index (χ0n) is 13.1. The van der Waals surface area contributed by atoms with Gasteiger partial charge in [0.25, 0.3) is 5.52 Å². The fraction of sp³-hybridized carbons (Fsp3) is 0.158. The Morgan fingerprint density at radius 1 is 1.04 bits per heavy atom. The number of aromatic nitrogens is 2. The zero-order valence-corrected chi connectivity index (χ0v) is 13.1. The highest BCUT2D eigenvalue weighted by Gasteiger charge is 2.19. The van der Waals surface area contributed by atoms with E-state index < -0.39 is 0 Å². The zero-order chi connectivity index (χ0) is 15.8. The largest absolute Gasteiger partial charge is 0.437 e. The molecule has 2 heterocycles. The molecule has 0 amide bonds. The van der Waals surface area contributed by atoms with E-state index in [1.807, 2.05) is 55.6 Å². The fourth-order valence-electron chi connectivity index (χ4n) is 2.86. The number of oxazole rings is 2. The Morgan fingerprint density at radius 2 is 1.87 bits per heavy atom. The smallest absolute Gasteiger partial charge is 0.351 e. The van der Waals surface area contributed by atoms with Crippen LogP contribution in [0.5, 0.6) is 0 Å². The lowest BCUT2D eigenvalue weighted by molar-refractivity contribution is -0.658. The number of rotatable bonds is 3. The van der Waals surface area contributed by atoms with E-state index in [1.54, 1.807) is 0 Å². The van der Waals surface area contributed by atoms with E-state index in [-0.39, 0.29) is 0 Å². The van der Waals surface area contributed by atoms with Crippen LogP contribution in [0, 0.1) is 6.92 Å². The molecule has 2 aromatic heterocycles. The van der Waals surface area contributed by atoms with Gasteiger partial charge in [-0.15, -0.1) is 0 Å². The van der Waals surface area contributed by atoms with E-state index >= 15 is 0 Å². The first-order valence-corrected chi connectivity index (χ1v) is 7.61. The third kappa shape index (κ3) is 2.42. The van der Waals surface area contributed by atoms with Crippen LogP contribution < -0.4 is 4.57 Å². The van der Waals surface area contributed by atoms with Crippen LogP contribution in [0.3, 0.4) is 0 Å². The van der Waals surface area contributed by atoms with Gasteiger partial charge >= 0.3 is 5.89 Å². The Hall–Kier alpha value is -2.88. The van der Waals surface area contributed by atoms with Crippen LogP contribution >= 0.6 is 0 Å². The minimum absolute atomic E-state index is 0.612. The summed E-state index contributed by atoms with van der Waals surface area (Å²) in [4.78, 5) is 4.43. The summed E-state index contributed by atoms with van der Waals surface area (Å²) in [5.41, 5.74) is 4.94. The van der Waals surface area contributed by atoms with Crippen molar-refractivity contribution in [3.05, 3.63) is 65.9 Å². The quantitative estimate of drug-likeness (QED) is 0.538. The number of hydrogen-bond acceptors (Lipinski definition) is 3. The van der Waals surface area contributed by atoms with E-state index in [9.17, 15) is 0 Å². The Balaban J connectivity index is 1.61. The molecule has 0 bridgehead atoms. The van der Waals surface area contributed by atoms with Crippen LogP contribution in [0.2, 0.25) is 0 Å². The highest BCUT2D eigenvalue weighted by atomic mass is 16.4. The van der Waals surface area contributed by atoms with Crippen molar-refractivity contribution in [3.63, 3.8) is 0 Å². The molecule has 2 aromatic carbocycles. The van der Waals surface area contributed by atoms with Gasteiger partial charge in [0.15, 0.2) is 5.58 Å². The van der Waals surface area contributed by atoms with Crippen molar-refractivity contribution in [2.45, 2.75) is 13.3 Å². The molecule has 4 nitrogen and oxygen atoms in total. The molecule has 0 fully saturated rings. The van der Waals surface area contributed by atoms with Gasteiger partial charge in [-0.05, 0) is 31.2 Å². The Bertz CT molecular complexity index is 991. The van der Waals surface area contributed by atoms with Crippen molar-refractivity contribution in [2.24, 2.45) is 7.05 Å². The molecule has 0 saturated heterocycles. The second kappa shape index (κ2) is 5.39. The highest BCUT2D eigenvalue weighted by Crippen LogP contribution is 2.18. The van der Waals surface area contributed by atoms with Gasteiger partial charge in [-0.3, -0.25) is 0 Å². The maximum atomic E-state index is 5.94. The predicted molar refractivity (Wildman–Crippen MR) is 88.9 cm³/mol. The first kappa shape index (κ1) is 13.8. The van der Waals surface area contributed by atoms with Crippen molar-refractivity contribution in [1.29, 1.82) is 0 Å².